The van der Waals surface area contributed by atoms with Crippen LogP contribution in [0.4, 0.5) is 0 Å². The van der Waals surface area contributed by atoms with Crippen molar-refractivity contribution in [2.45, 2.75) is 62.9 Å². The molecular formula is C14H22N2O2. The van der Waals surface area contributed by atoms with Gasteiger partial charge in [-0.2, -0.15) is 0 Å². The zero-order chi connectivity index (χ0) is 13.0. The third-order valence-corrected chi connectivity index (χ3v) is 5.37. The van der Waals surface area contributed by atoms with Crippen LogP contribution < -0.4 is 0 Å². The van der Waals surface area contributed by atoms with Crippen molar-refractivity contribution in [3.8, 4) is 0 Å². The van der Waals surface area contributed by atoms with E-state index in [1.54, 1.807) is 4.90 Å². The first kappa shape index (κ1) is 12.0. The van der Waals surface area contributed by atoms with Gasteiger partial charge in [-0.15, -0.1) is 0 Å². The average Bonchev–Trinajstić information content (AvgIpc) is 2.79. The maximum Gasteiger partial charge on any atom is 0.249 e. The van der Waals surface area contributed by atoms with Crippen LogP contribution in [0.15, 0.2) is 0 Å². The number of fused-ring (bicyclic) bond motifs is 1. The fourth-order valence-corrected chi connectivity index (χ4v) is 4.15. The normalized spacial score (nSPS) is 35.2. The highest BCUT2D eigenvalue weighted by Crippen LogP contribution is 2.44. The second-order valence-electron chi connectivity index (χ2n) is 6.29. The number of amides is 2. The van der Waals surface area contributed by atoms with Gasteiger partial charge in [-0.25, -0.2) is 0 Å². The summed E-state index contributed by atoms with van der Waals surface area (Å²) in [7, 11) is 1.84. The topological polar surface area (TPSA) is 40.6 Å². The minimum absolute atomic E-state index is 0.154. The Morgan fingerprint density at radius 3 is 2.28 bits per heavy atom. The minimum atomic E-state index is -0.561. The highest BCUT2D eigenvalue weighted by atomic mass is 16.2. The van der Waals surface area contributed by atoms with Crippen LogP contribution in [0.5, 0.6) is 0 Å². The predicted octanol–water partition coefficient (Wildman–Crippen LogP) is 1.54. The SMILES string of the molecule is CN1C(=O)C2(C)CCCN2C(=O)C12CCCCC2. The van der Waals surface area contributed by atoms with Crippen LogP contribution in [-0.4, -0.2) is 46.3 Å². The summed E-state index contributed by atoms with van der Waals surface area (Å²) in [4.78, 5) is 29.2. The Kier molecular flexibility index (Phi) is 2.48. The molecule has 1 unspecified atom stereocenters. The molecule has 1 aliphatic carbocycles. The zero-order valence-corrected chi connectivity index (χ0v) is 11.4. The van der Waals surface area contributed by atoms with Gasteiger partial charge in [0.25, 0.3) is 0 Å². The van der Waals surface area contributed by atoms with E-state index in [2.05, 4.69) is 0 Å². The van der Waals surface area contributed by atoms with Gasteiger partial charge in [0.05, 0.1) is 0 Å². The fourth-order valence-electron chi connectivity index (χ4n) is 4.15. The van der Waals surface area contributed by atoms with Gasteiger partial charge in [-0.05, 0) is 32.6 Å². The molecule has 3 fully saturated rings. The average molecular weight is 250 g/mol. The van der Waals surface area contributed by atoms with Gasteiger partial charge in [0.1, 0.15) is 11.1 Å². The molecule has 1 spiro atoms. The lowest BCUT2D eigenvalue weighted by molar-refractivity contribution is -0.176. The maximum absolute atomic E-state index is 12.9. The van der Waals surface area contributed by atoms with Crippen LogP contribution in [0.3, 0.4) is 0 Å². The Hall–Kier alpha value is -1.06. The van der Waals surface area contributed by atoms with E-state index in [1.165, 1.54) is 6.42 Å². The molecule has 0 N–H and O–H groups in total. The maximum atomic E-state index is 12.9. The van der Waals surface area contributed by atoms with Gasteiger partial charge in [0.15, 0.2) is 0 Å². The van der Waals surface area contributed by atoms with Gasteiger partial charge in [0, 0.05) is 13.6 Å². The monoisotopic (exact) mass is 250 g/mol. The number of piperazine rings is 1. The number of rotatable bonds is 0. The lowest BCUT2D eigenvalue weighted by Gasteiger charge is -2.54. The van der Waals surface area contributed by atoms with Gasteiger partial charge in [-0.1, -0.05) is 19.3 Å². The molecule has 2 aliphatic heterocycles. The van der Waals surface area contributed by atoms with Crippen molar-refractivity contribution >= 4 is 11.8 Å². The van der Waals surface area contributed by atoms with Crippen LogP contribution in [0, 0.1) is 0 Å². The lowest BCUT2D eigenvalue weighted by atomic mass is 9.75. The summed E-state index contributed by atoms with van der Waals surface area (Å²) >= 11 is 0. The molecule has 18 heavy (non-hydrogen) atoms. The van der Waals surface area contributed by atoms with Crippen molar-refractivity contribution in [3.05, 3.63) is 0 Å². The minimum Gasteiger partial charge on any atom is -0.329 e. The van der Waals surface area contributed by atoms with E-state index in [9.17, 15) is 9.59 Å². The molecule has 0 aromatic carbocycles. The van der Waals surface area contributed by atoms with Gasteiger partial charge >= 0.3 is 0 Å². The molecule has 1 saturated carbocycles. The molecule has 2 amide bonds. The number of nitrogens with zero attached hydrogens (tertiary/aromatic N) is 2. The first-order valence-electron chi connectivity index (χ1n) is 7.13. The molecule has 100 valence electrons. The number of carbonyl (C=O) groups excluding carboxylic acids is 2. The van der Waals surface area contributed by atoms with Gasteiger partial charge in [-0.3, -0.25) is 9.59 Å². The number of likely N-dealkylation sites (N-methyl/N-ethyl adjacent to an activating group) is 1. The quantitative estimate of drug-likeness (QED) is 0.654. The van der Waals surface area contributed by atoms with Crippen molar-refractivity contribution < 1.29 is 9.59 Å². The second kappa shape index (κ2) is 3.72. The summed E-state index contributed by atoms with van der Waals surface area (Å²) < 4.78 is 0. The molecule has 4 nitrogen and oxygen atoms in total. The molecule has 2 saturated heterocycles. The van der Waals surface area contributed by atoms with Crippen LogP contribution in [-0.2, 0) is 9.59 Å². The number of hydrogen-bond donors (Lipinski definition) is 0. The highest BCUT2D eigenvalue weighted by molar-refractivity contribution is 6.02. The third kappa shape index (κ3) is 1.26. The van der Waals surface area contributed by atoms with Gasteiger partial charge in [0.2, 0.25) is 11.8 Å². The molecule has 2 heterocycles. The highest BCUT2D eigenvalue weighted by Gasteiger charge is 2.60. The molecule has 0 radical (unpaired) electrons. The number of carbonyl (C=O) groups is 2. The van der Waals surface area contributed by atoms with E-state index in [-0.39, 0.29) is 11.8 Å². The summed E-state index contributed by atoms with van der Waals surface area (Å²) in [5.74, 6) is 0.366. The number of hydrogen-bond acceptors (Lipinski definition) is 2. The van der Waals surface area contributed by atoms with Crippen LogP contribution in [0.2, 0.25) is 0 Å². The van der Waals surface area contributed by atoms with Crippen molar-refractivity contribution in [1.82, 2.24) is 9.80 Å². The van der Waals surface area contributed by atoms with E-state index in [1.807, 2.05) is 18.9 Å². The Bertz CT molecular complexity index is 401. The third-order valence-electron chi connectivity index (χ3n) is 5.37. The van der Waals surface area contributed by atoms with Crippen LogP contribution >= 0.6 is 0 Å². The van der Waals surface area contributed by atoms with Crippen molar-refractivity contribution in [3.63, 3.8) is 0 Å². The molecule has 3 aliphatic rings. The van der Waals surface area contributed by atoms with E-state index in [4.69, 9.17) is 0 Å². The summed E-state index contributed by atoms with van der Waals surface area (Å²) in [6, 6.07) is 0. The zero-order valence-electron chi connectivity index (χ0n) is 11.4. The molecule has 0 aromatic heterocycles. The molecule has 1 atom stereocenters. The van der Waals surface area contributed by atoms with Crippen LogP contribution in [0.1, 0.15) is 51.9 Å². The van der Waals surface area contributed by atoms with E-state index in [0.29, 0.717) is 0 Å². The molecule has 3 rings (SSSR count). The van der Waals surface area contributed by atoms with E-state index >= 15 is 0 Å². The second-order valence-corrected chi connectivity index (χ2v) is 6.29. The molecular weight excluding hydrogens is 228 g/mol. The molecule has 4 heteroatoms. The Morgan fingerprint density at radius 2 is 1.61 bits per heavy atom. The van der Waals surface area contributed by atoms with Crippen molar-refractivity contribution in [2.24, 2.45) is 0 Å². The first-order valence-corrected chi connectivity index (χ1v) is 7.13. The van der Waals surface area contributed by atoms with E-state index < -0.39 is 11.1 Å². The van der Waals surface area contributed by atoms with Crippen LogP contribution in [0.25, 0.3) is 0 Å². The summed E-state index contributed by atoms with van der Waals surface area (Å²) in [5, 5.41) is 0. The lowest BCUT2D eigenvalue weighted by Crippen LogP contribution is -2.73. The Morgan fingerprint density at radius 1 is 0.944 bits per heavy atom. The largest absolute Gasteiger partial charge is 0.329 e. The first-order chi connectivity index (χ1) is 8.52. The standard InChI is InChI=1S/C14H22N2O2/c1-13-7-6-10-16(13)12(18)14(15(2)11(13)17)8-4-3-5-9-14/h3-10H2,1-2H3. The van der Waals surface area contributed by atoms with Crippen molar-refractivity contribution in [1.29, 1.82) is 0 Å². The fraction of sp³-hybridized carbons (Fsp3) is 0.857. The summed E-state index contributed by atoms with van der Waals surface area (Å²) in [6.45, 7) is 2.70. The summed E-state index contributed by atoms with van der Waals surface area (Å²) in [5.41, 5.74) is -1.08. The summed E-state index contributed by atoms with van der Waals surface area (Å²) in [6.07, 6.45) is 6.79. The molecule has 0 bridgehead atoms. The Balaban J connectivity index is 2.03. The van der Waals surface area contributed by atoms with Gasteiger partial charge < -0.3 is 9.80 Å². The predicted molar refractivity (Wildman–Crippen MR) is 67.9 cm³/mol. The molecule has 0 aromatic rings. The van der Waals surface area contributed by atoms with Crippen molar-refractivity contribution in [2.75, 3.05) is 13.6 Å². The van der Waals surface area contributed by atoms with E-state index in [0.717, 1.165) is 45.1 Å². The Labute approximate surface area is 108 Å². The smallest absolute Gasteiger partial charge is 0.249 e.